The van der Waals surface area contributed by atoms with Gasteiger partial charge in [-0.3, -0.25) is 0 Å². The van der Waals surface area contributed by atoms with Crippen molar-refractivity contribution in [2.24, 2.45) is 0 Å². The van der Waals surface area contributed by atoms with E-state index in [1.165, 1.54) is 4.31 Å². The minimum atomic E-state index is -1.67. The lowest BCUT2D eigenvalue weighted by molar-refractivity contribution is 0.260. The van der Waals surface area contributed by atoms with Gasteiger partial charge >= 0.3 is 6.03 Å². The van der Waals surface area contributed by atoms with Gasteiger partial charge in [-0.25, -0.2) is 9.10 Å². The predicted molar refractivity (Wildman–Crippen MR) is 97.3 cm³/mol. The lowest BCUT2D eigenvalue weighted by Crippen LogP contribution is -2.31. The first kappa shape index (κ1) is 17.6. The van der Waals surface area contributed by atoms with E-state index in [-0.39, 0.29) is 0 Å². The van der Waals surface area contributed by atoms with Crippen LogP contribution in [0.2, 0.25) is 5.02 Å². The number of anilines is 2. The molecule has 2 rings (SSSR count). The number of nitrogens with zero attached hydrogens (tertiary/aromatic N) is 1. The number of para-hydroxylation sites is 1. The van der Waals surface area contributed by atoms with Crippen LogP contribution in [-0.4, -0.2) is 9.16 Å². The number of hydrogen-bond donors (Lipinski definition) is 1. The van der Waals surface area contributed by atoms with E-state index >= 15 is 0 Å². The van der Waals surface area contributed by atoms with E-state index in [4.69, 9.17) is 46.4 Å². The maximum atomic E-state index is 12.5. The van der Waals surface area contributed by atoms with Gasteiger partial charge in [0.05, 0.1) is 5.69 Å². The molecule has 0 radical (unpaired) electrons. The van der Waals surface area contributed by atoms with Crippen molar-refractivity contribution < 1.29 is 4.79 Å². The fourth-order valence-electron chi connectivity index (χ4n) is 1.59. The summed E-state index contributed by atoms with van der Waals surface area (Å²) >= 11 is 24.0. The lowest BCUT2D eigenvalue weighted by Gasteiger charge is -2.24. The van der Waals surface area contributed by atoms with E-state index in [9.17, 15) is 4.79 Å². The second-order valence-electron chi connectivity index (χ2n) is 4.10. The molecule has 0 atom stereocenters. The molecule has 0 aliphatic carbocycles. The minimum absolute atomic E-state index is 0.440. The van der Waals surface area contributed by atoms with Crippen molar-refractivity contribution in [3.05, 3.63) is 59.6 Å². The Morgan fingerprint density at radius 2 is 1.59 bits per heavy atom. The zero-order valence-corrected chi connectivity index (χ0v) is 14.8. The topological polar surface area (TPSA) is 32.3 Å². The number of amides is 2. The Balaban J connectivity index is 2.20. The number of rotatable bonds is 3. The summed E-state index contributed by atoms with van der Waals surface area (Å²) in [5, 5.41) is 3.30. The molecular weight excluding hydrogens is 386 g/mol. The van der Waals surface area contributed by atoms with Gasteiger partial charge in [0.25, 0.3) is 3.12 Å². The highest BCUT2D eigenvalue weighted by Crippen LogP contribution is 2.43. The van der Waals surface area contributed by atoms with Gasteiger partial charge in [-0.1, -0.05) is 64.6 Å². The van der Waals surface area contributed by atoms with E-state index in [0.29, 0.717) is 16.4 Å². The first-order valence-electron chi connectivity index (χ1n) is 6.03. The summed E-state index contributed by atoms with van der Waals surface area (Å²) in [4.78, 5) is 12.5. The number of carbonyl (C=O) groups is 1. The number of hydrogen-bond acceptors (Lipinski definition) is 2. The van der Waals surface area contributed by atoms with E-state index in [1.807, 2.05) is 6.07 Å². The minimum Gasteiger partial charge on any atom is -0.307 e. The summed E-state index contributed by atoms with van der Waals surface area (Å²) in [6, 6.07) is 15.2. The van der Waals surface area contributed by atoms with Crippen LogP contribution in [-0.2, 0) is 0 Å². The molecule has 0 aliphatic rings. The molecule has 0 fully saturated rings. The first-order chi connectivity index (χ1) is 10.3. The van der Waals surface area contributed by atoms with Crippen molar-refractivity contribution in [1.82, 2.24) is 0 Å². The van der Waals surface area contributed by atoms with Gasteiger partial charge in [0, 0.05) is 22.7 Å². The van der Waals surface area contributed by atoms with Gasteiger partial charge in [0.15, 0.2) is 0 Å². The van der Waals surface area contributed by atoms with Crippen LogP contribution in [0.5, 0.6) is 0 Å². The van der Waals surface area contributed by atoms with Crippen LogP contribution in [0.3, 0.4) is 0 Å². The average molecular weight is 396 g/mol. The molecule has 116 valence electrons. The molecule has 0 bridgehead atoms. The third kappa shape index (κ3) is 5.45. The molecule has 0 saturated heterocycles. The second kappa shape index (κ2) is 7.66. The van der Waals surface area contributed by atoms with Crippen molar-refractivity contribution in [3.8, 4) is 0 Å². The number of carbonyl (C=O) groups excluding carboxylic acids is 1. The molecule has 3 nitrogen and oxygen atoms in total. The van der Waals surface area contributed by atoms with Crippen LogP contribution >= 0.6 is 58.4 Å². The molecular formula is C14H10Cl4N2OS. The fraction of sp³-hybridized carbons (Fsp3) is 0.0714. The Morgan fingerprint density at radius 1 is 1.00 bits per heavy atom. The summed E-state index contributed by atoms with van der Waals surface area (Å²) in [6.07, 6.45) is 0. The van der Waals surface area contributed by atoms with Gasteiger partial charge in [0.2, 0.25) is 0 Å². The molecule has 0 aliphatic heterocycles. The Bertz CT molecular complexity index is 632. The maximum Gasteiger partial charge on any atom is 0.336 e. The van der Waals surface area contributed by atoms with Gasteiger partial charge in [0.1, 0.15) is 0 Å². The monoisotopic (exact) mass is 394 g/mol. The van der Waals surface area contributed by atoms with Crippen LogP contribution in [0.25, 0.3) is 0 Å². The predicted octanol–water partition coefficient (Wildman–Crippen LogP) is 6.35. The molecule has 0 unspecified atom stereocenters. The molecule has 2 aromatic carbocycles. The largest absolute Gasteiger partial charge is 0.336 e. The quantitative estimate of drug-likeness (QED) is 0.484. The molecule has 22 heavy (non-hydrogen) atoms. The molecule has 0 saturated carbocycles. The van der Waals surface area contributed by atoms with Crippen molar-refractivity contribution in [2.45, 2.75) is 3.12 Å². The highest BCUT2D eigenvalue weighted by atomic mass is 35.6. The van der Waals surface area contributed by atoms with Crippen molar-refractivity contribution >= 4 is 75.8 Å². The van der Waals surface area contributed by atoms with Crippen molar-refractivity contribution in [1.29, 1.82) is 0 Å². The highest BCUT2D eigenvalue weighted by Gasteiger charge is 2.29. The first-order valence-corrected chi connectivity index (χ1v) is 8.31. The Morgan fingerprint density at radius 3 is 2.14 bits per heavy atom. The smallest absolute Gasteiger partial charge is 0.307 e. The summed E-state index contributed by atoms with van der Waals surface area (Å²) in [7, 11) is 0. The number of nitrogens with one attached hydrogen (secondary N) is 1. The standard InChI is InChI=1S/C14H10Cl4N2OS/c15-10-6-8-11(9-7-10)19-13(21)20(22-14(16,17)18)12-4-2-1-3-5-12/h1-9H,(H,19,21). The van der Waals surface area contributed by atoms with Crippen molar-refractivity contribution in [2.75, 3.05) is 9.62 Å². The number of urea groups is 1. The fourth-order valence-corrected chi connectivity index (χ4v) is 2.90. The Kier molecular flexibility index (Phi) is 6.12. The van der Waals surface area contributed by atoms with Crippen LogP contribution < -0.4 is 9.62 Å². The van der Waals surface area contributed by atoms with Crippen LogP contribution in [0.4, 0.5) is 16.2 Å². The van der Waals surface area contributed by atoms with Gasteiger partial charge in [-0.15, -0.1) is 0 Å². The van der Waals surface area contributed by atoms with Gasteiger partial charge in [-0.2, -0.15) is 0 Å². The highest BCUT2D eigenvalue weighted by molar-refractivity contribution is 8.06. The number of alkyl halides is 3. The summed E-state index contributed by atoms with van der Waals surface area (Å²) < 4.78 is -0.394. The molecule has 2 aromatic rings. The van der Waals surface area contributed by atoms with E-state index < -0.39 is 9.16 Å². The molecule has 8 heteroatoms. The lowest BCUT2D eigenvalue weighted by atomic mass is 10.3. The maximum absolute atomic E-state index is 12.5. The van der Waals surface area contributed by atoms with Crippen LogP contribution in [0, 0.1) is 0 Å². The van der Waals surface area contributed by atoms with E-state index in [1.54, 1.807) is 48.5 Å². The van der Waals surface area contributed by atoms with E-state index in [2.05, 4.69) is 5.32 Å². The normalized spacial score (nSPS) is 11.1. The average Bonchev–Trinajstić information content (AvgIpc) is 2.47. The molecule has 1 N–H and O–H groups in total. The molecule has 0 heterocycles. The summed E-state index contributed by atoms with van der Waals surface area (Å²) in [5.74, 6) is 0. The van der Waals surface area contributed by atoms with Crippen molar-refractivity contribution in [3.63, 3.8) is 0 Å². The molecule has 2 amide bonds. The molecule has 0 spiro atoms. The summed E-state index contributed by atoms with van der Waals surface area (Å²) in [6.45, 7) is 0. The number of halogens is 4. The molecule has 0 aromatic heterocycles. The van der Waals surface area contributed by atoms with Crippen LogP contribution in [0.1, 0.15) is 0 Å². The zero-order chi connectivity index (χ0) is 16.2. The van der Waals surface area contributed by atoms with E-state index in [0.717, 1.165) is 11.9 Å². The number of benzene rings is 2. The van der Waals surface area contributed by atoms with Gasteiger partial charge in [-0.05, 0) is 36.4 Å². The third-order valence-corrected chi connectivity index (χ3v) is 4.10. The Hall–Kier alpha value is -0.780. The zero-order valence-electron chi connectivity index (χ0n) is 11.0. The van der Waals surface area contributed by atoms with Gasteiger partial charge < -0.3 is 5.32 Å². The second-order valence-corrected chi connectivity index (χ2v) is 8.65. The van der Waals surface area contributed by atoms with Crippen LogP contribution in [0.15, 0.2) is 54.6 Å². The third-order valence-electron chi connectivity index (χ3n) is 2.47. The summed E-state index contributed by atoms with van der Waals surface area (Å²) in [5.41, 5.74) is 1.17. The SMILES string of the molecule is O=C(Nc1ccc(Cl)cc1)N(SC(Cl)(Cl)Cl)c1ccccc1. The Labute approximate surface area is 152 Å².